The van der Waals surface area contributed by atoms with E-state index in [4.69, 9.17) is 4.74 Å². The van der Waals surface area contributed by atoms with Crippen LogP contribution in [0.25, 0.3) is 0 Å². The van der Waals surface area contributed by atoms with Crippen molar-refractivity contribution in [1.29, 1.82) is 0 Å². The number of carboxylic acids is 1. The van der Waals surface area contributed by atoms with Crippen molar-refractivity contribution in [3.05, 3.63) is 17.8 Å². The quantitative estimate of drug-likeness (QED) is 0.421. The van der Waals surface area contributed by atoms with Gasteiger partial charge in [-0.15, -0.1) is 0 Å². The zero-order valence-corrected chi connectivity index (χ0v) is 20.2. The molecule has 2 aliphatic rings. The molecule has 11 heteroatoms. The Morgan fingerprint density at radius 2 is 1.83 bits per heavy atom. The number of pyridine rings is 1. The number of rotatable bonds is 6. The summed E-state index contributed by atoms with van der Waals surface area (Å²) in [7, 11) is -1.80. The van der Waals surface area contributed by atoms with Crippen molar-refractivity contribution in [3.8, 4) is 5.88 Å². The fourth-order valence-corrected chi connectivity index (χ4v) is 4.90. The number of carbonyl (C=O) groups is 1. The Morgan fingerprint density at radius 3 is 2.38 bits per heavy atom. The third-order valence-corrected chi connectivity index (χ3v) is 7.27. The van der Waals surface area contributed by atoms with Crippen molar-refractivity contribution < 1.29 is 52.6 Å². The maximum absolute atomic E-state index is 12.9. The van der Waals surface area contributed by atoms with Crippen LogP contribution in [0, 0.1) is 0 Å². The first-order valence-corrected chi connectivity index (χ1v) is 11.0. The average molecular weight is 434 g/mol. The number of aromatic carboxylic acids is 1. The van der Waals surface area contributed by atoms with Gasteiger partial charge in [0, 0.05) is 39.3 Å². The Morgan fingerprint density at radius 1 is 1.21 bits per heavy atom. The maximum Gasteiger partial charge on any atom is 1.00 e. The summed E-state index contributed by atoms with van der Waals surface area (Å²) in [6, 6.07) is 1.11. The van der Waals surface area contributed by atoms with E-state index in [1.54, 1.807) is 0 Å². The molecule has 0 spiro atoms. The van der Waals surface area contributed by atoms with E-state index >= 15 is 0 Å². The Balaban J connectivity index is 0.00000300. The molecular formula is C18H27N4NaO5S. The van der Waals surface area contributed by atoms with E-state index < -0.39 is 16.0 Å². The van der Waals surface area contributed by atoms with Gasteiger partial charge in [-0.25, -0.2) is 13.4 Å². The van der Waals surface area contributed by atoms with Crippen molar-refractivity contribution in [2.75, 3.05) is 52.9 Å². The summed E-state index contributed by atoms with van der Waals surface area (Å²) >= 11 is 0. The van der Waals surface area contributed by atoms with Gasteiger partial charge in [0.05, 0.1) is 17.7 Å². The maximum atomic E-state index is 12.9. The van der Waals surface area contributed by atoms with Gasteiger partial charge in [-0.2, -0.15) is 4.31 Å². The van der Waals surface area contributed by atoms with Crippen LogP contribution in [0.4, 0.5) is 0 Å². The van der Waals surface area contributed by atoms with Crippen LogP contribution in [-0.4, -0.2) is 92.4 Å². The molecule has 156 valence electrons. The van der Waals surface area contributed by atoms with Crippen LogP contribution in [-0.2, 0) is 10.0 Å². The molecule has 0 aromatic carbocycles. The number of carboxylic acid groups (broad SMARTS) is 1. The zero-order valence-electron chi connectivity index (χ0n) is 17.3. The first-order chi connectivity index (χ1) is 13.3. The molecule has 2 aliphatic heterocycles. The van der Waals surface area contributed by atoms with Crippen LogP contribution >= 0.6 is 0 Å². The molecule has 2 saturated heterocycles. The number of nitrogens with zero attached hydrogens (tertiary/aromatic N) is 4. The molecule has 1 aromatic rings. The van der Waals surface area contributed by atoms with Gasteiger partial charge in [-0.05, 0) is 32.5 Å². The summed E-state index contributed by atoms with van der Waals surface area (Å²) in [6.07, 6.45) is 2.54. The second-order valence-electron chi connectivity index (χ2n) is 7.27. The van der Waals surface area contributed by atoms with E-state index in [-0.39, 0.29) is 52.0 Å². The standard InChI is InChI=1S/C18H28N4O5S.Na/c1-3-21-8-10-22(11-9-21)28(25,26)15-12-16(18(23)24)17(19-13-15)27-14-4-6-20(2)7-5-14;/h12-14H,3-11H2,1-2H3,(H,23,24);/q;+1/p-1. The monoisotopic (exact) mass is 434 g/mol. The van der Waals surface area contributed by atoms with Crippen LogP contribution in [0.15, 0.2) is 17.2 Å². The van der Waals surface area contributed by atoms with Gasteiger partial charge in [-0.1, -0.05) is 6.92 Å². The third-order valence-electron chi connectivity index (χ3n) is 5.41. The summed E-state index contributed by atoms with van der Waals surface area (Å²) in [5, 5.41) is 11.6. The topological polar surface area (TPSA) is 106 Å². The second-order valence-corrected chi connectivity index (χ2v) is 9.21. The minimum Gasteiger partial charge on any atom is -0.545 e. The molecule has 29 heavy (non-hydrogen) atoms. The van der Waals surface area contributed by atoms with Crippen LogP contribution in [0.3, 0.4) is 0 Å². The van der Waals surface area contributed by atoms with E-state index in [1.807, 2.05) is 14.0 Å². The summed E-state index contributed by atoms with van der Waals surface area (Å²) in [6.45, 7) is 6.62. The molecule has 0 aliphatic carbocycles. The minimum absolute atomic E-state index is 0. The van der Waals surface area contributed by atoms with Gasteiger partial charge in [0.1, 0.15) is 11.0 Å². The number of ether oxygens (including phenoxy) is 1. The summed E-state index contributed by atoms with van der Waals surface area (Å²) in [5.74, 6) is -1.58. The Hall–Kier alpha value is -0.750. The molecule has 3 rings (SSSR count). The summed E-state index contributed by atoms with van der Waals surface area (Å²) in [5.41, 5.74) is -0.327. The van der Waals surface area contributed by atoms with E-state index in [0.717, 1.165) is 38.5 Å². The normalized spacial score (nSPS) is 20.2. The molecule has 2 fully saturated rings. The number of likely N-dealkylation sites (tertiary alicyclic amines) is 1. The first kappa shape index (κ1) is 24.5. The SMILES string of the molecule is CCN1CCN(S(=O)(=O)c2cnc(OC3CCN(C)CC3)c(C(=O)[O-])c2)CC1.[Na+]. The Bertz CT molecular complexity index is 806. The van der Waals surface area contributed by atoms with Gasteiger partial charge < -0.3 is 24.4 Å². The van der Waals surface area contributed by atoms with Crippen LogP contribution in [0.1, 0.15) is 30.1 Å². The number of aromatic nitrogens is 1. The third kappa shape index (κ3) is 5.90. The van der Waals surface area contributed by atoms with Crippen molar-refractivity contribution in [2.45, 2.75) is 30.8 Å². The predicted octanol–water partition coefficient (Wildman–Crippen LogP) is -3.75. The fraction of sp³-hybridized carbons (Fsp3) is 0.667. The van der Waals surface area contributed by atoms with Gasteiger partial charge in [0.2, 0.25) is 15.9 Å². The zero-order chi connectivity index (χ0) is 20.3. The average Bonchev–Trinajstić information content (AvgIpc) is 2.69. The number of piperazine rings is 1. The number of sulfonamides is 1. The van der Waals surface area contributed by atoms with Crippen molar-refractivity contribution in [2.24, 2.45) is 0 Å². The van der Waals surface area contributed by atoms with Crippen molar-refractivity contribution >= 4 is 16.0 Å². The number of hydrogen-bond donors (Lipinski definition) is 0. The smallest absolute Gasteiger partial charge is 0.545 e. The van der Waals surface area contributed by atoms with Crippen molar-refractivity contribution in [1.82, 2.24) is 19.1 Å². The number of carbonyl (C=O) groups excluding carboxylic acids is 1. The van der Waals surface area contributed by atoms with Gasteiger partial charge in [-0.3, -0.25) is 0 Å². The molecule has 0 atom stereocenters. The number of likely N-dealkylation sites (N-methyl/N-ethyl adjacent to an activating group) is 1. The molecule has 0 amide bonds. The molecule has 3 heterocycles. The molecule has 0 bridgehead atoms. The first-order valence-electron chi connectivity index (χ1n) is 9.60. The van der Waals surface area contributed by atoms with E-state index in [9.17, 15) is 18.3 Å². The predicted molar refractivity (Wildman–Crippen MR) is 101 cm³/mol. The minimum atomic E-state index is -3.82. The molecule has 0 unspecified atom stereocenters. The molecule has 9 nitrogen and oxygen atoms in total. The molecular weight excluding hydrogens is 407 g/mol. The molecule has 0 radical (unpaired) electrons. The molecule has 0 saturated carbocycles. The second kappa shape index (κ2) is 10.5. The Kier molecular flexibility index (Phi) is 8.89. The van der Waals surface area contributed by atoms with E-state index in [2.05, 4.69) is 14.8 Å². The van der Waals surface area contributed by atoms with E-state index in [0.29, 0.717) is 26.2 Å². The summed E-state index contributed by atoms with van der Waals surface area (Å²) in [4.78, 5) is 19.8. The largest absolute Gasteiger partial charge is 1.00 e. The Labute approximate surface area is 194 Å². The van der Waals surface area contributed by atoms with Crippen LogP contribution < -0.4 is 39.4 Å². The molecule has 1 aromatic heterocycles. The van der Waals surface area contributed by atoms with Gasteiger partial charge >= 0.3 is 29.6 Å². The number of piperidine rings is 1. The van der Waals surface area contributed by atoms with E-state index in [1.165, 1.54) is 10.5 Å². The van der Waals surface area contributed by atoms with Gasteiger partial charge in [0.15, 0.2) is 0 Å². The molecule has 0 N–H and O–H groups in total. The fourth-order valence-electron chi connectivity index (χ4n) is 3.51. The van der Waals surface area contributed by atoms with Crippen LogP contribution in [0.5, 0.6) is 5.88 Å². The van der Waals surface area contributed by atoms with Crippen molar-refractivity contribution in [3.63, 3.8) is 0 Å². The van der Waals surface area contributed by atoms with Gasteiger partial charge in [0.25, 0.3) is 0 Å². The summed E-state index contributed by atoms with van der Waals surface area (Å²) < 4.78 is 32.9. The number of hydrogen-bond acceptors (Lipinski definition) is 8. The van der Waals surface area contributed by atoms with Crippen LogP contribution in [0.2, 0.25) is 0 Å².